The molecule has 0 saturated heterocycles. The minimum atomic E-state index is -4.38. The Morgan fingerprint density at radius 3 is 1.32 bits per heavy atom. The molecule has 0 fully saturated rings. The van der Waals surface area contributed by atoms with E-state index in [4.69, 9.17) is 30.5 Å². The molecule has 2 N–H and O–H groups in total. The number of thiazole rings is 2. The van der Waals surface area contributed by atoms with Gasteiger partial charge < -0.3 is 29.2 Å². The maximum atomic E-state index is 12.8. The van der Waals surface area contributed by atoms with Crippen molar-refractivity contribution in [1.29, 1.82) is 0 Å². The third-order valence-corrected chi connectivity index (χ3v) is 12.6. The van der Waals surface area contributed by atoms with Crippen molar-refractivity contribution in [2.75, 3.05) is 0 Å². The average Bonchev–Trinajstić information content (AvgIpc) is 3.79. The quantitative estimate of drug-likeness (QED) is 0.109. The smallest absolute Gasteiger partial charge is 0.416 e. The Hall–Kier alpha value is -5.64. The van der Waals surface area contributed by atoms with E-state index >= 15 is 0 Å². The Balaban J connectivity index is 0.000000239. The van der Waals surface area contributed by atoms with Gasteiger partial charge in [-0.3, -0.25) is 0 Å². The van der Waals surface area contributed by atoms with Gasteiger partial charge in [0, 0.05) is 16.1 Å². The van der Waals surface area contributed by atoms with Crippen LogP contribution in [0.5, 0.6) is 23.0 Å². The van der Waals surface area contributed by atoms with Crippen molar-refractivity contribution < 1.29 is 51.9 Å². The summed E-state index contributed by atoms with van der Waals surface area (Å²) >= 11 is 8.94. The second-order valence-corrected chi connectivity index (χ2v) is 18.2. The highest BCUT2D eigenvalue weighted by Crippen LogP contribution is 2.38. The number of alkyl halides is 3. The number of carbonyl (C=O) groups is 2. The molecule has 6 aromatic rings. The number of ether oxygens (including phenoxy) is 4. The van der Waals surface area contributed by atoms with Crippen LogP contribution in [0.1, 0.15) is 91.6 Å². The molecule has 2 aromatic heterocycles. The summed E-state index contributed by atoms with van der Waals surface area (Å²) in [5.41, 5.74) is 1.44. The lowest BCUT2D eigenvalue weighted by Crippen LogP contribution is -2.38. The van der Waals surface area contributed by atoms with Gasteiger partial charge in [-0.2, -0.15) is 13.2 Å². The van der Waals surface area contributed by atoms with Crippen LogP contribution in [0.4, 0.5) is 13.2 Å². The first-order valence-electron chi connectivity index (χ1n) is 19.6. The van der Waals surface area contributed by atoms with Crippen molar-refractivity contribution in [2.45, 2.75) is 98.8 Å². The number of rotatable bonds is 14. The van der Waals surface area contributed by atoms with Crippen LogP contribution >= 0.6 is 34.3 Å². The summed E-state index contributed by atoms with van der Waals surface area (Å²) in [6.45, 7) is 17.3. The molecule has 0 spiro atoms. The summed E-state index contributed by atoms with van der Waals surface area (Å²) in [5, 5.41) is 20.7. The zero-order valence-corrected chi connectivity index (χ0v) is 38.7. The Bertz CT molecular complexity index is 2570. The largest absolute Gasteiger partial charge is 0.485 e. The first-order chi connectivity index (χ1) is 29.3. The Labute approximate surface area is 377 Å². The molecule has 0 saturated carbocycles. The molecule has 2 heterocycles. The normalized spacial score (nSPS) is 12.7. The fourth-order valence-corrected chi connectivity index (χ4v) is 8.21. The fourth-order valence-electron chi connectivity index (χ4n) is 5.98. The highest BCUT2D eigenvalue weighted by Gasteiger charge is 2.32. The number of carboxylic acids is 2. The summed E-state index contributed by atoms with van der Waals surface area (Å²) in [7, 11) is 0. The zero-order chi connectivity index (χ0) is 46.6. The first kappa shape index (κ1) is 48.4. The molecule has 0 aliphatic carbocycles. The van der Waals surface area contributed by atoms with Crippen LogP contribution in [0.3, 0.4) is 0 Å². The highest BCUT2D eigenvalue weighted by atomic mass is 35.5. The third-order valence-electron chi connectivity index (χ3n) is 9.63. The summed E-state index contributed by atoms with van der Waals surface area (Å²) in [6.07, 6.45) is -4.93. The summed E-state index contributed by atoms with van der Waals surface area (Å²) in [5.74, 6) is 0.126. The molecule has 0 aliphatic rings. The minimum Gasteiger partial charge on any atom is -0.485 e. The molecule has 6 rings (SSSR count). The lowest BCUT2D eigenvalue weighted by molar-refractivity contribution is -0.152. The van der Waals surface area contributed by atoms with Gasteiger partial charge in [0.05, 0.1) is 26.7 Å². The highest BCUT2D eigenvalue weighted by molar-refractivity contribution is 7.15. The van der Waals surface area contributed by atoms with Gasteiger partial charge in [-0.1, -0.05) is 35.9 Å². The molecule has 4 aromatic carbocycles. The van der Waals surface area contributed by atoms with Gasteiger partial charge in [-0.15, -0.1) is 22.7 Å². The van der Waals surface area contributed by atoms with Gasteiger partial charge in [0.25, 0.3) is 0 Å². The average molecular weight is 925 g/mol. The Morgan fingerprint density at radius 1 is 0.619 bits per heavy atom. The van der Waals surface area contributed by atoms with Crippen LogP contribution in [-0.2, 0) is 15.8 Å². The van der Waals surface area contributed by atoms with Crippen molar-refractivity contribution in [3.8, 4) is 44.1 Å². The molecular weight excluding hydrogens is 877 g/mol. The van der Waals surface area contributed by atoms with Crippen molar-refractivity contribution in [3.63, 3.8) is 0 Å². The van der Waals surface area contributed by atoms with E-state index in [1.54, 1.807) is 48.6 Å². The number of nitrogens with zero attached hydrogens (tertiary/aromatic N) is 2. The van der Waals surface area contributed by atoms with Gasteiger partial charge in [-0.25, -0.2) is 19.6 Å². The number of halogens is 4. The van der Waals surface area contributed by atoms with E-state index in [0.717, 1.165) is 55.0 Å². The van der Waals surface area contributed by atoms with E-state index in [-0.39, 0.29) is 12.2 Å². The predicted molar refractivity (Wildman–Crippen MR) is 240 cm³/mol. The van der Waals surface area contributed by atoms with Crippen LogP contribution < -0.4 is 18.9 Å². The monoisotopic (exact) mass is 924 g/mol. The number of aromatic nitrogens is 2. The first-order valence-corrected chi connectivity index (χ1v) is 21.6. The lowest BCUT2D eigenvalue weighted by atomic mass is 10.1. The molecule has 0 aliphatic heterocycles. The molecular formula is C47H48ClF3N2O8S2. The summed E-state index contributed by atoms with van der Waals surface area (Å²) in [4.78, 5) is 33.7. The molecule has 0 radical (unpaired) electrons. The van der Waals surface area contributed by atoms with Crippen molar-refractivity contribution in [2.24, 2.45) is 0 Å². The Kier molecular flexibility index (Phi) is 14.9. The molecule has 0 bridgehead atoms. The van der Waals surface area contributed by atoms with Gasteiger partial charge in [0.2, 0.25) is 0 Å². The molecule has 0 amide bonds. The predicted octanol–water partition coefficient (Wildman–Crippen LogP) is 13.3. The number of aliphatic carboxylic acids is 2. The summed E-state index contributed by atoms with van der Waals surface area (Å²) < 4.78 is 61.9. The number of carboxylic acid groups (broad SMARTS) is 2. The van der Waals surface area contributed by atoms with Gasteiger partial charge in [0.1, 0.15) is 45.2 Å². The van der Waals surface area contributed by atoms with E-state index in [2.05, 4.69) is 9.97 Å². The van der Waals surface area contributed by atoms with E-state index in [0.29, 0.717) is 38.6 Å². The van der Waals surface area contributed by atoms with E-state index in [1.807, 2.05) is 65.0 Å². The molecule has 10 nitrogen and oxygen atoms in total. The zero-order valence-electron chi connectivity index (χ0n) is 36.3. The molecule has 334 valence electrons. The second-order valence-electron chi connectivity index (χ2n) is 15.7. The maximum Gasteiger partial charge on any atom is 0.416 e. The summed E-state index contributed by atoms with van der Waals surface area (Å²) in [6, 6.07) is 23.0. The maximum absolute atomic E-state index is 12.8. The standard InChI is InChI=1S/C24H24F3NO4S.C23H24ClNO4S/c1-13-12-18(10-11-19(13)32-23(4,5)22(29)30)31-15(3)20-14(2)28-21(33-20)16-6-8-17(9-7-16)24(25,26)27;1-13-12-18(10-11-19(13)29-23(4,5)22(26)27)28-15(3)20-14(2)25-21(30-20)16-6-8-17(24)9-7-16/h6-12,15H,1-5H3,(H,29,30);6-12,15H,1-5H3,(H,26,27)/t15-;/m1./s1. The van der Waals surface area contributed by atoms with Gasteiger partial charge in [0.15, 0.2) is 11.2 Å². The van der Waals surface area contributed by atoms with Crippen molar-refractivity contribution in [1.82, 2.24) is 9.97 Å². The van der Waals surface area contributed by atoms with Crippen LogP contribution in [0.2, 0.25) is 5.02 Å². The van der Waals surface area contributed by atoms with Gasteiger partial charge >= 0.3 is 18.1 Å². The van der Waals surface area contributed by atoms with Crippen LogP contribution in [0, 0.1) is 27.7 Å². The van der Waals surface area contributed by atoms with E-state index < -0.39 is 34.9 Å². The van der Waals surface area contributed by atoms with E-state index in [9.17, 15) is 33.0 Å². The fraction of sp³-hybridized carbons (Fsp3) is 0.319. The third kappa shape index (κ3) is 12.3. The SMILES string of the molecule is Cc1cc(OC(C)c2sc(-c3ccc(Cl)cc3)nc2C)ccc1OC(C)(C)C(=O)O.Cc1cc(O[C@H](C)c2sc(-c3ccc(C(F)(F)F)cc3)nc2C)ccc1OC(C)(C)C(=O)O. The van der Waals surface area contributed by atoms with Crippen molar-refractivity contribution in [3.05, 3.63) is 128 Å². The van der Waals surface area contributed by atoms with Crippen LogP contribution in [-0.4, -0.2) is 43.3 Å². The van der Waals surface area contributed by atoms with Crippen molar-refractivity contribution >= 4 is 46.2 Å². The molecule has 16 heteroatoms. The van der Waals surface area contributed by atoms with Gasteiger partial charge in [-0.05, 0) is 141 Å². The van der Waals surface area contributed by atoms with Crippen LogP contribution in [0.15, 0.2) is 84.9 Å². The molecule has 1 unspecified atom stereocenters. The lowest BCUT2D eigenvalue weighted by Gasteiger charge is -2.23. The second kappa shape index (κ2) is 19.4. The number of aryl methyl sites for hydroxylation is 4. The molecule has 2 atom stereocenters. The number of hydrogen-bond donors (Lipinski definition) is 2. The van der Waals surface area contributed by atoms with Crippen LogP contribution in [0.25, 0.3) is 21.1 Å². The topological polar surface area (TPSA) is 137 Å². The number of hydrogen-bond acceptors (Lipinski definition) is 10. The Morgan fingerprint density at radius 2 is 0.984 bits per heavy atom. The van der Waals surface area contributed by atoms with E-state index in [1.165, 1.54) is 51.2 Å². The minimum absolute atomic E-state index is 0.190. The molecule has 63 heavy (non-hydrogen) atoms. The number of benzene rings is 4.